The lowest BCUT2D eigenvalue weighted by atomic mass is 9.92. The molecule has 1 atom stereocenters. The minimum absolute atomic E-state index is 0.0387. The maximum absolute atomic E-state index is 12.3. The monoisotopic (exact) mass is 312 g/mol. The largest absolute Gasteiger partial charge is 0.507 e. The number of aryl methyl sites for hydroxylation is 1. The molecule has 23 heavy (non-hydrogen) atoms. The summed E-state index contributed by atoms with van der Waals surface area (Å²) in [6.45, 7) is 9.90. The molecular formula is C20H24O3. The van der Waals surface area contributed by atoms with Crippen LogP contribution in [0.15, 0.2) is 50.7 Å². The molecule has 0 saturated carbocycles. The van der Waals surface area contributed by atoms with Crippen molar-refractivity contribution in [2.24, 2.45) is 0 Å². The van der Waals surface area contributed by atoms with Crippen molar-refractivity contribution in [3.8, 4) is 5.75 Å². The van der Waals surface area contributed by atoms with Gasteiger partial charge in [0.2, 0.25) is 0 Å². The van der Waals surface area contributed by atoms with Gasteiger partial charge in [-0.1, -0.05) is 42.4 Å². The third-order valence-corrected chi connectivity index (χ3v) is 4.23. The molecular weight excluding hydrogens is 288 g/mol. The predicted molar refractivity (Wildman–Crippen MR) is 95.1 cm³/mol. The van der Waals surface area contributed by atoms with E-state index < -0.39 is 5.63 Å². The van der Waals surface area contributed by atoms with Gasteiger partial charge in [0, 0.05) is 5.92 Å². The summed E-state index contributed by atoms with van der Waals surface area (Å²) in [6.07, 6.45) is 5.03. The highest BCUT2D eigenvalue weighted by Gasteiger charge is 2.21. The molecule has 122 valence electrons. The molecule has 0 amide bonds. The van der Waals surface area contributed by atoms with Gasteiger partial charge < -0.3 is 9.52 Å². The second kappa shape index (κ2) is 6.86. The Hall–Kier alpha value is -2.29. The Labute approximate surface area is 137 Å². The molecule has 0 unspecified atom stereocenters. The van der Waals surface area contributed by atoms with Gasteiger partial charge in [-0.15, -0.1) is 0 Å². The van der Waals surface area contributed by atoms with E-state index in [4.69, 9.17) is 4.42 Å². The van der Waals surface area contributed by atoms with Gasteiger partial charge in [-0.05, 0) is 45.7 Å². The lowest BCUT2D eigenvalue weighted by Gasteiger charge is -2.15. The highest BCUT2D eigenvalue weighted by atomic mass is 16.4. The van der Waals surface area contributed by atoms with Crippen LogP contribution >= 0.6 is 0 Å². The molecule has 2 aromatic rings. The number of aromatic hydroxyl groups is 1. The fourth-order valence-electron chi connectivity index (χ4n) is 2.68. The van der Waals surface area contributed by atoms with Crippen molar-refractivity contribution >= 4 is 11.0 Å². The summed E-state index contributed by atoms with van der Waals surface area (Å²) in [5, 5.41) is 11.3. The molecule has 0 radical (unpaired) electrons. The van der Waals surface area contributed by atoms with Crippen LogP contribution in [0.4, 0.5) is 0 Å². The number of rotatable bonds is 4. The molecule has 0 saturated heterocycles. The van der Waals surface area contributed by atoms with Gasteiger partial charge in [0.15, 0.2) is 0 Å². The summed E-state index contributed by atoms with van der Waals surface area (Å²) in [4.78, 5) is 12.3. The van der Waals surface area contributed by atoms with Crippen LogP contribution in [-0.2, 0) is 0 Å². The maximum atomic E-state index is 12.3. The average molecular weight is 312 g/mol. The van der Waals surface area contributed by atoms with Crippen molar-refractivity contribution in [1.29, 1.82) is 0 Å². The second-order valence-electron chi connectivity index (χ2n) is 6.29. The Balaban J connectivity index is 2.53. The number of benzene rings is 1. The zero-order chi connectivity index (χ0) is 17.1. The van der Waals surface area contributed by atoms with Gasteiger partial charge in [-0.3, -0.25) is 0 Å². The van der Waals surface area contributed by atoms with Crippen molar-refractivity contribution in [3.63, 3.8) is 0 Å². The molecule has 1 aromatic carbocycles. The minimum atomic E-state index is -0.469. The lowest BCUT2D eigenvalue weighted by molar-refractivity contribution is 0.452. The molecule has 0 spiro atoms. The highest BCUT2D eigenvalue weighted by molar-refractivity contribution is 5.87. The number of hydrogen-bond acceptors (Lipinski definition) is 3. The average Bonchev–Trinajstić information content (AvgIpc) is 2.46. The van der Waals surface area contributed by atoms with Crippen LogP contribution < -0.4 is 5.63 Å². The number of hydrogen-bond donors (Lipinski definition) is 1. The summed E-state index contributed by atoms with van der Waals surface area (Å²) in [5.74, 6) is -0.155. The van der Waals surface area contributed by atoms with Crippen LogP contribution in [-0.4, -0.2) is 5.11 Å². The van der Waals surface area contributed by atoms with Crippen molar-refractivity contribution in [1.82, 2.24) is 0 Å². The van der Waals surface area contributed by atoms with Gasteiger partial charge in [-0.25, -0.2) is 4.79 Å². The number of allylic oxidation sites excluding steroid dienone is 4. The van der Waals surface area contributed by atoms with E-state index in [2.05, 4.69) is 26.0 Å². The van der Waals surface area contributed by atoms with E-state index in [9.17, 15) is 9.90 Å². The Morgan fingerprint density at radius 2 is 1.96 bits per heavy atom. The van der Waals surface area contributed by atoms with Gasteiger partial charge in [0.1, 0.15) is 11.3 Å². The van der Waals surface area contributed by atoms with Crippen LogP contribution in [0.25, 0.3) is 11.0 Å². The molecule has 1 N–H and O–H groups in total. The molecule has 1 aromatic heterocycles. The van der Waals surface area contributed by atoms with Gasteiger partial charge in [0.25, 0.3) is 0 Å². The third kappa shape index (κ3) is 3.55. The van der Waals surface area contributed by atoms with E-state index >= 15 is 0 Å². The highest BCUT2D eigenvalue weighted by Crippen LogP contribution is 2.35. The van der Waals surface area contributed by atoms with Crippen LogP contribution in [0.2, 0.25) is 0 Å². The first kappa shape index (κ1) is 17.1. The molecule has 1 heterocycles. The summed E-state index contributed by atoms with van der Waals surface area (Å²) in [6, 6.07) is 5.41. The zero-order valence-corrected chi connectivity index (χ0v) is 14.4. The van der Waals surface area contributed by atoms with Crippen molar-refractivity contribution < 1.29 is 9.52 Å². The van der Waals surface area contributed by atoms with E-state index in [1.807, 2.05) is 32.9 Å². The molecule has 0 bridgehead atoms. The fraction of sp³-hybridized carbons (Fsp3) is 0.350. The summed E-state index contributed by atoms with van der Waals surface area (Å²) >= 11 is 0. The van der Waals surface area contributed by atoms with Gasteiger partial charge in [-0.2, -0.15) is 0 Å². The normalized spacial score (nSPS) is 13.2. The number of fused-ring (bicyclic) bond motifs is 1. The predicted octanol–water partition coefficient (Wildman–Crippen LogP) is 5.21. The SMILES string of the molecule is CC(C)=CC/C=C(\C)[C@H](C)c1c(O)c2c(C)cccc2oc1=O. The first-order valence-electron chi connectivity index (χ1n) is 7.88. The van der Waals surface area contributed by atoms with Crippen LogP contribution in [0.1, 0.15) is 51.2 Å². The first-order chi connectivity index (χ1) is 10.8. The first-order valence-corrected chi connectivity index (χ1v) is 7.88. The molecule has 0 fully saturated rings. The van der Waals surface area contributed by atoms with Crippen LogP contribution in [0, 0.1) is 6.92 Å². The van der Waals surface area contributed by atoms with E-state index in [1.165, 1.54) is 5.57 Å². The van der Waals surface area contributed by atoms with E-state index in [1.54, 1.807) is 6.07 Å². The summed E-state index contributed by atoms with van der Waals surface area (Å²) < 4.78 is 5.41. The molecule has 0 aliphatic rings. The Morgan fingerprint density at radius 3 is 2.61 bits per heavy atom. The van der Waals surface area contributed by atoms with E-state index in [0.717, 1.165) is 17.6 Å². The molecule has 3 nitrogen and oxygen atoms in total. The fourth-order valence-corrected chi connectivity index (χ4v) is 2.68. The van der Waals surface area contributed by atoms with Crippen molar-refractivity contribution in [2.45, 2.75) is 47.0 Å². The molecule has 0 aliphatic heterocycles. The Bertz CT molecular complexity index is 834. The van der Waals surface area contributed by atoms with Crippen LogP contribution in [0.3, 0.4) is 0 Å². The van der Waals surface area contributed by atoms with E-state index in [-0.39, 0.29) is 11.7 Å². The third-order valence-electron chi connectivity index (χ3n) is 4.23. The van der Waals surface area contributed by atoms with Crippen molar-refractivity contribution in [2.75, 3.05) is 0 Å². The maximum Gasteiger partial charge on any atom is 0.343 e. The lowest BCUT2D eigenvalue weighted by Crippen LogP contribution is -2.12. The quantitative estimate of drug-likeness (QED) is 0.622. The summed E-state index contributed by atoms with van der Waals surface area (Å²) in [5.41, 5.74) is 3.47. The minimum Gasteiger partial charge on any atom is -0.507 e. The van der Waals surface area contributed by atoms with Crippen molar-refractivity contribution in [3.05, 3.63) is 63.0 Å². The molecule has 0 aliphatic carbocycles. The molecule has 2 rings (SSSR count). The smallest absolute Gasteiger partial charge is 0.343 e. The second-order valence-corrected chi connectivity index (χ2v) is 6.29. The zero-order valence-electron chi connectivity index (χ0n) is 14.4. The Morgan fingerprint density at radius 1 is 1.26 bits per heavy atom. The van der Waals surface area contributed by atoms with E-state index in [0.29, 0.717) is 16.5 Å². The Kier molecular flexibility index (Phi) is 5.09. The van der Waals surface area contributed by atoms with Gasteiger partial charge >= 0.3 is 5.63 Å². The topological polar surface area (TPSA) is 50.4 Å². The standard InChI is InChI=1S/C20H24O3/c1-12(2)8-6-9-13(3)15(5)18-19(21)17-14(4)10-7-11-16(17)23-20(18)22/h7-11,15,21H,6H2,1-5H3/b13-9+/t15-/m0/s1. The molecule has 3 heteroatoms. The summed E-state index contributed by atoms with van der Waals surface area (Å²) in [7, 11) is 0. The van der Waals surface area contributed by atoms with Crippen LogP contribution in [0.5, 0.6) is 5.75 Å². The van der Waals surface area contributed by atoms with Gasteiger partial charge in [0.05, 0.1) is 10.9 Å².